The summed E-state index contributed by atoms with van der Waals surface area (Å²) in [5.74, 6) is 0.0822. The zero-order chi connectivity index (χ0) is 28.9. The normalized spacial score (nSPS) is 13.8. The summed E-state index contributed by atoms with van der Waals surface area (Å²) >= 11 is 6.05. The van der Waals surface area contributed by atoms with Gasteiger partial charge in [0.05, 0.1) is 40.8 Å². The molecule has 0 radical (unpaired) electrons. The topological polar surface area (TPSA) is 93.2 Å². The number of pyridine rings is 1. The quantitative estimate of drug-likeness (QED) is 0.249. The highest BCUT2D eigenvalue weighted by atomic mass is 35.5. The van der Waals surface area contributed by atoms with Crippen molar-refractivity contribution in [3.05, 3.63) is 52.9 Å². The number of carbonyl (C=O) groups excluding carboxylic acids is 2. The molecule has 1 aliphatic rings. The van der Waals surface area contributed by atoms with Crippen LogP contribution >= 0.6 is 11.6 Å². The van der Waals surface area contributed by atoms with Crippen molar-refractivity contribution in [2.75, 3.05) is 49.6 Å². The summed E-state index contributed by atoms with van der Waals surface area (Å²) in [6.45, 7) is 10.5. The average molecular weight is 573 g/mol. The van der Waals surface area contributed by atoms with Crippen LogP contribution in [-0.2, 0) is 20.7 Å². The Morgan fingerprint density at radius 2 is 1.95 bits per heavy atom. The largest absolute Gasteiger partial charge is 0.492 e. The number of nitrogens with zero attached hydrogens (tertiary/aromatic N) is 3. The highest BCUT2D eigenvalue weighted by molar-refractivity contribution is 6.31. The molecule has 2 aromatic carbocycles. The molecule has 1 fully saturated rings. The Morgan fingerprint density at radius 1 is 1.20 bits per heavy atom. The van der Waals surface area contributed by atoms with Gasteiger partial charge in [-0.25, -0.2) is 9.18 Å². The third-order valence-corrected chi connectivity index (χ3v) is 6.66. The smallest absolute Gasteiger partial charge is 0.410 e. The fraction of sp³-hybridized carbons (Fsp3) is 0.414. The van der Waals surface area contributed by atoms with Gasteiger partial charge in [0.15, 0.2) is 5.82 Å². The summed E-state index contributed by atoms with van der Waals surface area (Å²) < 4.78 is 31.4. The Hall–Kier alpha value is -3.79. The second kappa shape index (κ2) is 12.6. The number of benzene rings is 2. The van der Waals surface area contributed by atoms with Crippen LogP contribution in [0, 0.1) is 5.82 Å². The van der Waals surface area contributed by atoms with Crippen LogP contribution in [0.4, 0.5) is 26.2 Å². The lowest BCUT2D eigenvalue weighted by molar-refractivity contribution is -0.128. The van der Waals surface area contributed by atoms with Gasteiger partial charge < -0.3 is 29.3 Å². The highest BCUT2D eigenvalue weighted by Crippen LogP contribution is 2.39. The van der Waals surface area contributed by atoms with Crippen molar-refractivity contribution < 1.29 is 28.2 Å². The van der Waals surface area contributed by atoms with Gasteiger partial charge in [-0.3, -0.25) is 9.78 Å². The molecular weight excluding hydrogens is 539 g/mol. The van der Waals surface area contributed by atoms with E-state index in [0.29, 0.717) is 62.6 Å². The Kier molecular flexibility index (Phi) is 9.19. The molecule has 1 aliphatic heterocycles. The third kappa shape index (κ3) is 6.85. The first-order chi connectivity index (χ1) is 19.1. The molecule has 3 aromatic rings. The third-order valence-electron chi connectivity index (χ3n) is 6.37. The van der Waals surface area contributed by atoms with Crippen LogP contribution in [0.5, 0.6) is 5.75 Å². The van der Waals surface area contributed by atoms with Gasteiger partial charge in [0, 0.05) is 50.2 Å². The standard InChI is InChI=1S/C29H34ClFN4O5/c1-5-39-25-16-23-20(15-24(25)34-10-12-35(13-11-34)28(37)40-29(2,3)4)27(19(17-32-23)9-14-38-18-36)33-22-8-6-7-21(30)26(22)31/h6-8,15-18H,5,9-14H2,1-4H3,(H,32,33). The van der Waals surface area contributed by atoms with Crippen molar-refractivity contribution in [1.29, 1.82) is 0 Å². The Balaban J connectivity index is 1.73. The van der Waals surface area contributed by atoms with Crippen LogP contribution in [0.3, 0.4) is 0 Å². The van der Waals surface area contributed by atoms with Crippen LogP contribution in [0.25, 0.3) is 10.9 Å². The zero-order valence-electron chi connectivity index (χ0n) is 23.1. The minimum atomic E-state index is -0.575. The van der Waals surface area contributed by atoms with Gasteiger partial charge in [-0.2, -0.15) is 0 Å². The molecule has 0 atom stereocenters. The summed E-state index contributed by atoms with van der Waals surface area (Å²) in [4.78, 5) is 31.8. The first-order valence-electron chi connectivity index (χ1n) is 13.2. The van der Waals surface area contributed by atoms with Crippen LogP contribution in [-0.4, -0.2) is 67.4 Å². The molecule has 0 spiro atoms. The number of rotatable bonds is 9. The van der Waals surface area contributed by atoms with Gasteiger partial charge in [0.1, 0.15) is 11.4 Å². The maximum atomic E-state index is 14.9. The first-order valence-corrected chi connectivity index (χ1v) is 13.6. The zero-order valence-corrected chi connectivity index (χ0v) is 23.9. The predicted molar refractivity (Wildman–Crippen MR) is 153 cm³/mol. The summed E-state index contributed by atoms with van der Waals surface area (Å²) in [6, 6.07) is 8.57. The van der Waals surface area contributed by atoms with E-state index in [0.717, 1.165) is 16.6 Å². The molecule has 11 heteroatoms. The predicted octanol–water partition coefficient (Wildman–Crippen LogP) is 5.94. The molecule has 1 saturated heterocycles. The number of ether oxygens (including phenoxy) is 3. The van der Waals surface area contributed by atoms with Crippen molar-refractivity contribution in [2.45, 2.75) is 39.7 Å². The van der Waals surface area contributed by atoms with E-state index in [2.05, 4.69) is 15.2 Å². The van der Waals surface area contributed by atoms with Gasteiger partial charge in [-0.1, -0.05) is 17.7 Å². The number of hydrogen-bond acceptors (Lipinski definition) is 8. The minimum absolute atomic E-state index is 0.00335. The van der Waals surface area contributed by atoms with E-state index in [9.17, 15) is 14.0 Å². The van der Waals surface area contributed by atoms with E-state index in [1.807, 2.05) is 39.8 Å². The lowest BCUT2D eigenvalue weighted by Crippen LogP contribution is -2.50. The average Bonchev–Trinajstić information content (AvgIpc) is 2.91. The molecule has 0 saturated carbocycles. The van der Waals surface area contributed by atoms with Crippen molar-refractivity contribution in [1.82, 2.24) is 9.88 Å². The van der Waals surface area contributed by atoms with Gasteiger partial charge in [0.25, 0.3) is 6.47 Å². The summed E-state index contributed by atoms with van der Waals surface area (Å²) in [7, 11) is 0. The molecule has 1 N–H and O–H groups in total. The summed E-state index contributed by atoms with van der Waals surface area (Å²) in [6.07, 6.45) is 1.71. The second-order valence-electron chi connectivity index (χ2n) is 10.3. The molecule has 214 valence electrons. The molecule has 4 rings (SSSR count). The highest BCUT2D eigenvalue weighted by Gasteiger charge is 2.27. The number of piperazine rings is 1. The lowest BCUT2D eigenvalue weighted by Gasteiger charge is -2.37. The SMILES string of the molecule is CCOc1cc2ncc(CCOC=O)c(Nc3cccc(Cl)c3F)c2cc1N1CCN(C(=O)OC(C)(C)C)CC1. The van der Waals surface area contributed by atoms with E-state index in [1.54, 1.807) is 23.2 Å². The van der Waals surface area contributed by atoms with E-state index >= 15 is 0 Å². The number of carbonyl (C=O) groups is 2. The fourth-order valence-electron chi connectivity index (χ4n) is 4.51. The van der Waals surface area contributed by atoms with Gasteiger partial charge in [0.2, 0.25) is 0 Å². The van der Waals surface area contributed by atoms with E-state index < -0.39 is 11.4 Å². The number of amides is 1. The molecule has 1 aromatic heterocycles. The van der Waals surface area contributed by atoms with Gasteiger partial charge in [-0.15, -0.1) is 0 Å². The van der Waals surface area contributed by atoms with Crippen LogP contribution < -0.4 is 15.0 Å². The molecule has 2 heterocycles. The maximum absolute atomic E-state index is 14.9. The second-order valence-corrected chi connectivity index (χ2v) is 10.7. The minimum Gasteiger partial charge on any atom is -0.492 e. The first kappa shape index (κ1) is 29.2. The van der Waals surface area contributed by atoms with Crippen LogP contribution in [0.1, 0.15) is 33.3 Å². The monoisotopic (exact) mass is 572 g/mol. The van der Waals surface area contributed by atoms with Gasteiger partial charge in [-0.05, 0) is 51.5 Å². The maximum Gasteiger partial charge on any atom is 0.410 e. The Morgan fingerprint density at radius 3 is 2.62 bits per heavy atom. The Labute approximate surface area is 238 Å². The molecule has 0 aliphatic carbocycles. The van der Waals surface area contributed by atoms with Crippen LogP contribution in [0.2, 0.25) is 5.02 Å². The molecule has 0 unspecified atom stereocenters. The molecule has 0 bridgehead atoms. The summed E-state index contributed by atoms with van der Waals surface area (Å²) in [5, 5.41) is 3.93. The lowest BCUT2D eigenvalue weighted by atomic mass is 10.0. The van der Waals surface area contributed by atoms with E-state index in [1.165, 1.54) is 6.07 Å². The number of halogens is 2. The van der Waals surface area contributed by atoms with Crippen molar-refractivity contribution in [3.8, 4) is 5.75 Å². The van der Waals surface area contributed by atoms with Crippen LogP contribution in [0.15, 0.2) is 36.5 Å². The molecule has 9 nitrogen and oxygen atoms in total. The van der Waals surface area contributed by atoms with E-state index in [4.69, 9.17) is 25.8 Å². The van der Waals surface area contributed by atoms with Gasteiger partial charge >= 0.3 is 6.09 Å². The number of anilines is 3. The molecule has 1 amide bonds. The number of aromatic nitrogens is 1. The van der Waals surface area contributed by atoms with Crippen molar-refractivity contribution in [3.63, 3.8) is 0 Å². The van der Waals surface area contributed by atoms with Crippen molar-refractivity contribution in [2.24, 2.45) is 0 Å². The van der Waals surface area contributed by atoms with E-state index in [-0.39, 0.29) is 23.4 Å². The summed E-state index contributed by atoms with van der Waals surface area (Å²) in [5.41, 5.74) is 2.47. The van der Waals surface area contributed by atoms with Crippen molar-refractivity contribution >= 4 is 52.1 Å². The number of fused-ring (bicyclic) bond motifs is 1. The molecule has 40 heavy (non-hydrogen) atoms. The Bertz CT molecular complexity index is 1370. The number of nitrogens with one attached hydrogen (secondary N) is 1. The molecular formula is C29H34ClFN4O5. The fourth-order valence-corrected chi connectivity index (χ4v) is 4.69. The number of hydrogen-bond donors (Lipinski definition) is 1.